The molecule has 4 aromatic rings. The highest BCUT2D eigenvalue weighted by Gasteiger charge is 2.35. The number of aromatic amines is 1. The maximum atomic E-state index is 13.8. The molecular formula is C35H34FN3O5. The van der Waals surface area contributed by atoms with Crippen molar-refractivity contribution in [2.45, 2.75) is 51.1 Å². The smallest absolute Gasteiger partial charge is 0.289 e. The van der Waals surface area contributed by atoms with Gasteiger partial charge in [0.25, 0.3) is 5.91 Å². The normalized spacial score (nSPS) is 15.9. The highest BCUT2D eigenvalue weighted by molar-refractivity contribution is 6.38. The largest absolute Gasteiger partial charge is 0.352 e. The van der Waals surface area contributed by atoms with Crippen molar-refractivity contribution in [3.8, 4) is 0 Å². The summed E-state index contributed by atoms with van der Waals surface area (Å²) in [7, 11) is 0. The number of H-pyrrole nitrogens is 1. The van der Waals surface area contributed by atoms with Crippen LogP contribution in [0.4, 0.5) is 4.39 Å². The van der Waals surface area contributed by atoms with Gasteiger partial charge in [-0.1, -0.05) is 60.7 Å². The standard InChI is InChI=1S/C35H34FN3O5/c36-27-15-14-24-17-29(38-28(24)20-27)32(41)19-26(16-22-8-3-1-4-9-22)34(43)39-30(18-25-12-7-13-31(25)40)33(42)35(44)37-21-23-10-5-2-6-11-23/h1-6,8-11,14-15,17,20,25-26,30,38H,7,12-13,16,18-19,21H2,(H,37,44)(H,39,43)/t25-,26+,30-/m0/s1. The van der Waals surface area contributed by atoms with Crippen molar-refractivity contribution in [1.82, 2.24) is 15.6 Å². The zero-order chi connectivity index (χ0) is 31.1. The van der Waals surface area contributed by atoms with Gasteiger partial charge in [-0.2, -0.15) is 0 Å². The van der Waals surface area contributed by atoms with E-state index >= 15 is 0 Å². The average molecular weight is 596 g/mol. The van der Waals surface area contributed by atoms with Crippen molar-refractivity contribution in [2.24, 2.45) is 11.8 Å². The number of Topliss-reactive ketones (excluding diaryl/α,β-unsaturated/α-hetero) is 3. The van der Waals surface area contributed by atoms with Gasteiger partial charge in [0.15, 0.2) is 5.78 Å². The zero-order valence-corrected chi connectivity index (χ0v) is 24.2. The van der Waals surface area contributed by atoms with Gasteiger partial charge in [-0.25, -0.2) is 4.39 Å². The molecule has 1 aromatic heterocycles. The van der Waals surface area contributed by atoms with Crippen molar-refractivity contribution >= 4 is 40.1 Å². The summed E-state index contributed by atoms with van der Waals surface area (Å²) in [4.78, 5) is 69.0. The maximum absolute atomic E-state index is 13.8. The summed E-state index contributed by atoms with van der Waals surface area (Å²) >= 11 is 0. The van der Waals surface area contributed by atoms with Gasteiger partial charge in [-0.05, 0) is 61.1 Å². The third kappa shape index (κ3) is 7.72. The van der Waals surface area contributed by atoms with Gasteiger partial charge < -0.3 is 15.6 Å². The number of hydrogen-bond acceptors (Lipinski definition) is 5. The molecule has 0 bridgehead atoms. The molecule has 226 valence electrons. The molecule has 5 rings (SSSR count). The van der Waals surface area contributed by atoms with Crippen LogP contribution in [0.5, 0.6) is 0 Å². The molecule has 1 fully saturated rings. The third-order valence-electron chi connectivity index (χ3n) is 8.12. The first-order valence-electron chi connectivity index (χ1n) is 14.8. The molecular weight excluding hydrogens is 561 g/mol. The summed E-state index contributed by atoms with van der Waals surface area (Å²) in [5.41, 5.74) is 2.32. The number of hydrogen-bond donors (Lipinski definition) is 3. The first-order valence-corrected chi connectivity index (χ1v) is 14.8. The molecule has 9 heteroatoms. The number of carbonyl (C=O) groups is 5. The second-order valence-electron chi connectivity index (χ2n) is 11.3. The number of nitrogens with one attached hydrogen (secondary N) is 3. The van der Waals surface area contributed by atoms with Gasteiger partial charge in [0.1, 0.15) is 11.6 Å². The molecule has 1 aliphatic carbocycles. The number of fused-ring (bicyclic) bond motifs is 1. The molecule has 0 unspecified atom stereocenters. The molecule has 0 saturated heterocycles. The SMILES string of the molecule is O=C(NCc1ccccc1)C(=O)[C@H](C[C@@H]1CCCC1=O)NC(=O)[C@@H](CC(=O)c1cc2ccc(F)cc2[nH]1)Cc1ccccc1. The summed E-state index contributed by atoms with van der Waals surface area (Å²) in [6.45, 7) is 0.133. The zero-order valence-electron chi connectivity index (χ0n) is 24.2. The predicted molar refractivity (Wildman–Crippen MR) is 163 cm³/mol. The van der Waals surface area contributed by atoms with Crippen LogP contribution in [0, 0.1) is 17.7 Å². The van der Waals surface area contributed by atoms with Crippen LogP contribution in [0.15, 0.2) is 84.9 Å². The molecule has 0 spiro atoms. The van der Waals surface area contributed by atoms with Crippen molar-refractivity contribution in [2.75, 3.05) is 0 Å². The average Bonchev–Trinajstić information content (AvgIpc) is 3.65. The van der Waals surface area contributed by atoms with E-state index in [1.165, 1.54) is 12.1 Å². The van der Waals surface area contributed by atoms with E-state index in [4.69, 9.17) is 0 Å². The van der Waals surface area contributed by atoms with E-state index in [0.29, 0.717) is 30.2 Å². The second kappa shape index (κ2) is 14.0. The van der Waals surface area contributed by atoms with E-state index in [2.05, 4.69) is 15.6 Å². The number of benzene rings is 3. The minimum absolute atomic E-state index is 0.00741. The predicted octanol–water partition coefficient (Wildman–Crippen LogP) is 4.87. The lowest BCUT2D eigenvalue weighted by atomic mass is 9.90. The van der Waals surface area contributed by atoms with Crippen LogP contribution in [0.2, 0.25) is 0 Å². The molecule has 1 saturated carbocycles. The lowest BCUT2D eigenvalue weighted by Crippen LogP contribution is -2.50. The van der Waals surface area contributed by atoms with Crippen molar-refractivity contribution in [3.05, 3.63) is 108 Å². The summed E-state index contributed by atoms with van der Waals surface area (Å²) in [5.74, 6) is -4.36. The Morgan fingerprint density at radius 1 is 0.909 bits per heavy atom. The van der Waals surface area contributed by atoms with Crippen LogP contribution in [-0.4, -0.2) is 40.2 Å². The molecule has 2 amide bonds. The van der Waals surface area contributed by atoms with Gasteiger partial charge in [0.2, 0.25) is 11.7 Å². The molecule has 1 aliphatic rings. The molecule has 8 nitrogen and oxygen atoms in total. The van der Waals surface area contributed by atoms with E-state index in [1.54, 1.807) is 12.1 Å². The van der Waals surface area contributed by atoms with E-state index in [9.17, 15) is 28.4 Å². The number of amides is 2. The fourth-order valence-corrected chi connectivity index (χ4v) is 5.71. The Labute approximate surface area is 254 Å². The van der Waals surface area contributed by atoms with Crippen LogP contribution in [-0.2, 0) is 32.1 Å². The fourth-order valence-electron chi connectivity index (χ4n) is 5.71. The number of carbonyl (C=O) groups excluding carboxylic acids is 5. The third-order valence-corrected chi connectivity index (χ3v) is 8.12. The van der Waals surface area contributed by atoms with Crippen molar-refractivity contribution < 1.29 is 28.4 Å². The number of aromatic nitrogens is 1. The summed E-state index contributed by atoms with van der Waals surface area (Å²) in [6, 6.07) is 22.8. The summed E-state index contributed by atoms with van der Waals surface area (Å²) in [6.07, 6.45) is 1.70. The Hall–Kier alpha value is -4.92. The minimum atomic E-state index is -1.23. The quantitative estimate of drug-likeness (QED) is 0.150. The molecule has 0 radical (unpaired) electrons. The van der Waals surface area contributed by atoms with Crippen LogP contribution in [0.25, 0.3) is 10.9 Å². The van der Waals surface area contributed by atoms with Crippen molar-refractivity contribution in [1.29, 1.82) is 0 Å². The molecule has 1 heterocycles. The number of rotatable bonds is 13. The second-order valence-corrected chi connectivity index (χ2v) is 11.3. The maximum Gasteiger partial charge on any atom is 0.289 e. The number of halogens is 1. The van der Waals surface area contributed by atoms with Gasteiger partial charge >= 0.3 is 0 Å². The van der Waals surface area contributed by atoms with Gasteiger partial charge in [-0.15, -0.1) is 0 Å². The van der Waals surface area contributed by atoms with E-state index in [0.717, 1.165) is 11.1 Å². The van der Waals surface area contributed by atoms with Crippen LogP contribution in [0.1, 0.15) is 53.7 Å². The Morgan fingerprint density at radius 3 is 2.30 bits per heavy atom. The molecule has 3 atom stereocenters. The first kappa shape index (κ1) is 30.5. The Bertz CT molecular complexity index is 1670. The topological polar surface area (TPSA) is 125 Å². The van der Waals surface area contributed by atoms with Crippen LogP contribution < -0.4 is 10.6 Å². The lowest BCUT2D eigenvalue weighted by Gasteiger charge is -2.23. The van der Waals surface area contributed by atoms with Gasteiger partial charge in [0, 0.05) is 42.1 Å². The minimum Gasteiger partial charge on any atom is -0.352 e. The molecule has 3 N–H and O–H groups in total. The molecule has 0 aliphatic heterocycles. The molecule has 44 heavy (non-hydrogen) atoms. The van der Waals surface area contributed by atoms with Gasteiger partial charge in [-0.3, -0.25) is 24.0 Å². The Kier molecular flexibility index (Phi) is 9.74. The molecule has 3 aromatic carbocycles. The van der Waals surface area contributed by atoms with Crippen LogP contribution >= 0.6 is 0 Å². The Balaban J connectivity index is 1.35. The highest BCUT2D eigenvalue weighted by atomic mass is 19.1. The monoisotopic (exact) mass is 595 g/mol. The Morgan fingerprint density at radius 2 is 1.61 bits per heavy atom. The fraction of sp³-hybridized carbons (Fsp3) is 0.286. The number of ketones is 3. The van der Waals surface area contributed by atoms with E-state index in [-0.39, 0.29) is 43.1 Å². The van der Waals surface area contributed by atoms with Crippen molar-refractivity contribution in [3.63, 3.8) is 0 Å². The summed E-state index contributed by atoms with van der Waals surface area (Å²) < 4.78 is 13.7. The summed E-state index contributed by atoms with van der Waals surface area (Å²) in [5, 5.41) is 6.02. The first-order chi connectivity index (χ1) is 21.3. The van der Waals surface area contributed by atoms with Gasteiger partial charge in [0.05, 0.1) is 11.7 Å². The lowest BCUT2D eigenvalue weighted by molar-refractivity contribution is -0.141. The van der Waals surface area contributed by atoms with E-state index in [1.807, 2.05) is 60.7 Å². The highest BCUT2D eigenvalue weighted by Crippen LogP contribution is 2.27. The van der Waals surface area contributed by atoms with Crippen LogP contribution in [0.3, 0.4) is 0 Å². The van der Waals surface area contributed by atoms with E-state index < -0.39 is 41.3 Å².